The summed E-state index contributed by atoms with van der Waals surface area (Å²) in [5.74, 6) is 0.781. The molecule has 4 rings (SSSR count). The second-order valence-electron chi connectivity index (χ2n) is 6.89. The van der Waals surface area contributed by atoms with Gasteiger partial charge in [0.2, 0.25) is 0 Å². The van der Waals surface area contributed by atoms with Crippen molar-refractivity contribution in [1.29, 1.82) is 0 Å². The lowest BCUT2D eigenvalue weighted by Crippen LogP contribution is -2.35. The van der Waals surface area contributed by atoms with Gasteiger partial charge >= 0.3 is 0 Å². The Hall–Kier alpha value is -2.64. The summed E-state index contributed by atoms with van der Waals surface area (Å²) in [5.41, 5.74) is 1.54. The van der Waals surface area contributed by atoms with Gasteiger partial charge in [-0.25, -0.2) is 0 Å². The van der Waals surface area contributed by atoms with Crippen molar-refractivity contribution in [2.75, 3.05) is 26.8 Å². The van der Waals surface area contributed by atoms with Crippen LogP contribution in [0.3, 0.4) is 0 Å². The summed E-state index contributed by atoms with van der Waals surface area (Å²) in [4.78, 5) is 17.8. The lowest BCUT2D eigenvalue weighted by molar-refractivity contribution is 0.0391. The molecule has 3 heterocycles. The first-order valence-electron chi connectivity index (χ1n) is 9.22. The normalized spacial score (nSPS) is 18.5. The van der Waals surface area contributed by atoms with Crippen molar-refractivity contribution in [2.45, 2.75) is 25.6 Å². The van der Waals surface area contributed by atoms with E-state index in [9.17, 15) is 4.79 Å². The second kappa shape index (κ2) is 7.94. The summed E-state index contributed by atoms with van der Waals surface area (Å²) in [7, 11) is 1.64. The molecule has 2 aromatic heterocycles. The van der Waals surface area contributed by atoms with Crippen LogP contribution in [0.5, 0.6) is 5.75 Å². The highest BCUT2D eigenvalue weighted by Crippen LogP contribution is 2.19. The van der Waals surface area contributed by atoms with Crippen molar-refractivity contribution < 1.29 is 9.47 Å². The summed E-state index contributed by atoms with van der Waals surface area (Å²) in [6.07, 6.45) is 4.73. The van der Waals surface area contributed by atoms with Gasteiger partial charge in [-0.2, -0.15) is 5.10 Å². The molecule has 1 unspecified atom stereocenters. The Morgan fingerprint density at radius 3 is 3.11 bits per heavy atom. The smallest absolute Gasteiger partial charge is 0.252 e. The Morgan fingerprint density at radius 2 is 2.30 bits per heavy atom. The number of aromatic nitrogens is 3. The largest absolute Gasteiger partial charge is 0.497 e. The highest BCUT2D eigenvalue weighted by atomic mass is 16.5. The Kier molecular flexibility index (Phi) is 5.22. The molecule has 3 aromatic rings. The third-order valence-electron chi connectivity index (χ3n) is 4.91. The van der Waals surface area contributed by atoms with Crippen LogP contribution >= 0.6 is 0 Å². The van der Waals surface area contributed by atoms with Crippen LogP contribution in [0.2, 0.25) is 0 Å². The first-order valence-corrected chi connectivity index (χ1v) is 9.22. The number of methoxy groups -OCH3 is 1. The first kappa shape index (κ1) is 17.8. The summed E-state index contributed by atoms with van der Waals surface area (Å²) >= 11 is 0. The van der Waals surface area contributed by atoms with Crippen molar-refractivity contribution in [3.8, 4) is 5.75 Å². The number of nitrogens with one attached hydrogen (secondary N) is 1. The predicted octanol–water partition coefficient (Wildman–Crippen LogP) is 2.02. The number of hydrogen-bond acceptors (Lipinski definition) is 5. The summed E-state index contributed by atoms with van der Waals surface area (Å²) in [6.45, 7) is 3.73. The first-order chi connectivity index (χ1) is 13.2. The highest BCUT2D eigenvalue weighted by molar-refractivity contribution is 5.80. The molecule has 0 radical (unpaired) electrons. The maximum Gasteiger partial charge on any atom is 0.252 e. The van der Waals surface area contributed by atoms with Crippen molar-refractivity contribution in [3.05, 3.63) is 58.6 Å². The van der Waals surface area contributed by atoms with Crippen LogP contribution in [0.4, 0.5) is 0 Å². The quantitative estimate of drug-likeness (QED) is 0.746. The molecule has 1 aliphatic rings. The zero-order chi connectivity index (χ0) is 18.6. The van der Waals surface area contributed by atoms with Crippen LogP contribution in [0.25, 0.3) is 10.9 Å². The van der Waals surface area contributed by atoms with Gasteiger partial charge in [-0.1, -0.05) is 0 Å². The fourth-order valence-corrected chi connectivity index (χ4v) is 3.56. The van der Waals surface area contributed by atoms with Crippen LogP contribution < -0.4 is 10.3 Å². The molecule has 1 N–H and O–H groups in total. The van der Waals surface area contributed by atoms with Gasteiger partial charge in [0.1, 0.15) is 5.75 Å². The standard InChI is InChI=1S/C20H24N4O3/c1-26-17-4-5-19-15(11-17)10-16(20(25)22-19)12-23-7-3-9-27-18(13-23)14-24-8-2-6-21-24/h2,4-6,8,10-11,18H,3,7,9,12-14H2,1H3,(H,22,25). The van der Waals surface area contributed by atoms with Gasteiger partial charge in [0.25, 0.3) is 5.56 Å². The molecule has 0 bridgehead atoms. The SMILES string of the molecule is COc1ccc2[nH]c(=O)c(CN3CCCOC(Cn4cccn4)C3)cc2c1. The molecular weight excluding hydrogens is 344 g/mol. The Morgan fingerprint density at radius 1 is 1.37 bits per heavy atom. The molecule has 1 saturated heterocycles. The van der Waals surface area contributed by atoms with Crippen molar-refractivity contribution in [2.24, 2.45) is 0 Å². The van der Waals surface area contributed by atoms with Gasteiger partial charge in [-0.3, -0.25) is 14.4 Å². The lowest BCUT2D eigenvalue weighted by atomic mass is 10.1. The minimum Gasteiger partial charge on any atom is -0.497 e. The molecule has 1 aliphatic heterocycles. The molecule has 0 spiro atoms. The Balaban J connectivity index is 1.52. The molecule has 1 aromatic carbocycles. The van der Waals surface area contributed by atoms with Crippen LogP contribution in [0.15, 0.2) is 47.5 Å². The third kappa shape index (κ3) is 4.20. The van der Waals surface area contributed by atoms with E-state index >= 15 is 0 Å². The van der Waals surface area contributed by atoms with Crippen molar-refractivity contribution in [3.63, 3.8) is 0 Å². The number of rotatable bonds is 5. The topological polar surface area (TPSA) is 72.4 Å². The van der Waals surface area contributed by atoms with E-state index in [-0.39, 0.29) is 11.7 Å². The molecule has 1 atom stereocenters. The number of ether oxygens (including phenoxy) is 2. The minimum atomic E-state index is -0.0403. The molecule has 142 valence electrons. The number of hydrogen-bond donors (Lipinski definition) is 1. The molecule has 7 heteroatoms. The van der Waals surface area contributed by atoms with Crippen molar-refractivity contribution in [1.82, 2.24) is 19.7 Å². The average Bonchev–Trinajstić information content (AvgIpc) is 3.08. The molecule has 27 heavy (non-hydrogen) atoms. The van der Waals surface area contributed by atoms with Gasteiger partial charge in [0.05, 0.1) is 19.8 Å². The van der Waals surface area contributed by atoms with E-state index in [1.165, 1.54) is 0 Å². The minimum absolute atomic E-state index is 0.0403. The third-order valence-corrected chi connectivity index (χ3v) is 4.91. The van der Waals surface area contributed by atoms with Crippen LogP contribution in [-0.2, 0) is 17.8 Å². The molecule has 0 aliphatic carbocycles. The van der Waals surface area contributed by atoms with E-state index in [4.69, 9.17) is 9.47 Å². The number of nitrogens with zero attached hydrogens (tertiary/aromatic N) is 3. The van der Waals surface area contributed by atoms with Crippen LogP contribution in [-0.4, -0.2) is 52.6 Å². The number of benzene rings is 1. The van der Waals surface area contributed by atoms with E-state index in [1.54, 1.807) is 13.3 Å². The zero-order valence-electron chi connectivity index (χ0n) is 15.4. The summed E-state index contributed by atoms with van der Waals surface area (Å²) in [6, 6.07) is 9.55. The fraction of sp³-hybridized carbons (Fsp3) is 0.400. The number of H-pyrrole nitrogens is 1. The average molecular weight is 368 g/mol. The molecule has 0 saturated carbocycles. The number of pyridine rings is 1. The van der Waals surface area contributed by atoms with E-state index in [0.717, 1.165) is 54.9 Å². The van der Waals surface area contributed by atoms with Gasteiger partial charge in [-0.15, -0.1) is 0 Å². The Labute approximate surface area is 157 Å². The van der Waals surface area contributed by atoms with Crippen LogP contribution in [0.1, 0.15) is 12.0 Å². The lowest BCUT2D eigenvalue weighted by Gasteiger charge is -2.23. The number of aromatic amines is 1. The molecule has 1 fully saturated rings. The molecular formula is C20H24N4O3. The predicted molar refractivity (Wildman–Crippen MR) is 103 cm³/mol. The summed E-state index contributed by atoms with van der Waals surface area (Å²) < 4.78 is 13.2. The zero-order valence-corrected chi connectivity index (χ0v) is 15.4. The van der Waals surface area contributed by atoms with E-state index in [1.807, 2.05) is 41.2 Å². The van der Waals surface area contributed by atoms with E-state index in [2.05, 4.69) is 15.0 Å². The second-order valence-corrected chi connectivity index (χ2v) is 6.89. The molecule has 7 nitrogen and oxygen atoms in total. The van der Waals surface area contributed by atoms with Gasteiger partial charge in [0, 0.05) is 55.1 Å². The van der Waals surface area contributed by atoms with E-state index in [0.29, 0.717) is 6.54 Å². The van der Waals surface area contributed by atoms with Gasteiger partial charge in [-0.05, 0) is 36.8 Å². The van der Waals surface area contributed by atoms with Crippen molar-refractivity contribution >= 4 is 10.9 Å². The Bertz CT molecular complexity index is 952. The number of fused-ring (bicyclic) bond motifs is 1. The molecule has 0 amide bonds. The monoisotopic (exact) mass is 368 g/mol. The fourth-order valence-electron chi connectivity index (χ4n) is 3.56. The highest BCUT2D eigenvalue weighted by Gasteiger charge is 2.20. The van der Waals surface area contributed by atoms with Crippen LogP contribution in [0, 0.1) is 0 Å². The van der Waals surface area contributed by atoms with Gasteiger partial charge < -0.3 is 14.5 Å². The maximum atomic E-state index is 12.5. The summed E-state index contributed by atoms with van der Waals surface area (Å²) in [5, 5.41) is 5.24. The maximum absolute atomic E-state index is 12.5. The van der Waals surface area contributed by atoms with Gasteiger partial charge in [0.15, 0.2) is 0 Å². The van der Waals surface area contributed by atoms with E-state index < -0.39 is 0 Å².